The fraction of sp³-hybridized carbons (Fsp3) is 0.944. The van der Waals surface area contributed by atoms with E-state index in [9.17, 15) is 14.4 Å². The van der Waals surface area contributed by atoms with Gasteiger partial charge in [-0.15, -0.1) is 0 Å². The molecule has 0 N–H and O–H groups in total. The van der Waals surface area contributed by atoms with Crippen LogP contribution in [0.2, 0.25) is 0 Å². The van der Waals surface area contributed by atoms with Gasteiger partial charge in [-0.3, -0.25) is 14.4 Å². The average Bonchev–Trinajstić information content (AvgIpc) is 3.22. The molecule has 0 amide bonds. The summed E-state index contributed by atoms with van der Waals surface area (Å²) in [6, 6.07) is 0. The SMILES string of the molecule is CCC(C)CCCCCCCCC(=O)OC[C@@H](COC(=O)CCCCCCCCCCC(C)C)OC(=O)CCCCCCCCCCCCCCCCCCCCC(C)C. The molecule has 6 heteroatoms. The molecule has 0 spiro atoms. The van der Waals surface area contributed by atoms with E-state index in [1.165, 1.54) is 173 Å². The normalized spacial score (nSPS) is 12.6. The van der Waals surface area contributed by atoms with Crippen LogP contribution in [0, 0.1) is 17.8 Å². The smallest absolute Gasteiger partial charge is 0.306 e. The predicted molar refractivity (Wildman–Crippen MR) is 256 cm³/mol. The molecule has 6 nitrogen and oxygen atoms in total. The van der Waals surface area contributed by atoms with Gasteiger partial charge >= 0.3 is 17.9 Å². The topological polar surface area (TPSA) is 78.9 Å². The van der Waals surface area contributed by atoms with Gasteiger partial charge in [0.25, 0.3) is 0 Å². The number of hydrogen-bond acceptors (Lipinski definition) is 6. The first kappa shape index (κ1) is 58.4. The lowest BCUT2D eigenvalue weighted by atomic mass is 10.00. The van der Waals surface area contributed by atoms with Crippen molar-refractivity contribution in [3.8, 4) is 0 Å². The van der Waals surface area contributed by atoms with E-state index in [-0.39, 0.29) is 31.1 Å². The van der Waals surface area contributed by atoms with Crippen molar-refractivity contribution >= 4 is 17.9 Å². The van der Waals surface area contributed by atoms with E-state index in [2.05, 4.69) is 41.5 Å². The number of unbranched alkanes of at least 4 members (excludes halogenated alkanes) is 29. The van der Waals surface area contributed by atoms with Gasteiger partial charge in [0.2, 0.25) is 0 Å². The zero-order chi connectivity index (χ0) is 44.2. The largest absolute Gasteiger partial charge is 0.462 e. The van der Waals surface area contributed by atoms with Crippen LogP contribution in [-0.4, -0.2) is 37.2 Å². The van der Waals surface area contributed by atoms with E-state index in [0.717, 1.165) is 75.5 Å². The highest BCUT2D eigenvalue weighted by atomic mass is 16.6. The number of hydrogen-bond donors (Lipinski definition) is 0. The molecule has 60 heavy (non-hydrogen) atoms. The minimum Gasteiger partial charge on any atom is -0.462 e. The summed E-state index contributed by atoms with van der Waals surface area (Å²) in [4.78, 5) is 37.9. The lowest BCUT2D eigenvalue weighted by Gasteiger charge is -2.18. The Labute approximate surface area is 374 Å². The van der Waals surface area contributed by atoms with Crippen LogP contribution in [0.5, 0.6) is 0 Å². The molecule has 0 rings (SSSR count). The van der Waals surface area contributed by atoms with E-state index < -0.39 is 6.10 Å². The van der Waals surface area contributed by atoms with E-state index in [1.807, 2.05) is 0 Å². The lowest BCUT2D eigenvalue weighted by molar-refractivity contribution is -0.167. The maximum absolute atomic E-state index is 12.8. The standard InChI is InChI=1S/C54H104O6/c1-7-50(6)42-36-30-26-27-32-38-44-53(56)59-47-51(46-58-52(55)43-37-31-24-21-20-23-29-35-41-49(4)5)60-54(57)45-39-33-25-19-17-15-13-11-9-8-10-12-14-16-18-22-28-34-40-48(2)3/h48-51H,7-47H2,1-6H3/t50?,51-/m1/s1. The van der Waals surface area contributed by atoms with Gasteiger partial charge in [0.1, 0.15) is 13.2 Å². The van der Waals surface area contributed by atoms with Crippen molar-refractivity contribution in [1.29, 1.82) is 0 Å². The van der Waals surface area contributed by atoms with Crippen LogP contribution in [0.1, 0.15) is 292 Å². The number of carbonyl (C=O) groups is 3. The second-order valence-electron chi connectivity index (χ2n) is 19.7. The molecule has 0 saturated carbocycles. The third kappa shape index (κ3) is 45.9. The average molecular weight is 849 g/mol. The maximum Gasteiger partial charge on any atom is 0.306 e. The quantitative estimate of drug-likeness (QED) is 0.0345. The van der Waals surface area contributed by atoms with Crippen LogP contribution in [0.15, 0.2) is 0 Å². The van der Waals surface area contributed by atoms with Crippen LogP contribution < -0.4 is 0 Å². The third-order valence-corrected chi connectivity index (χ3v) is 12.5. The molecule has 0 fully saturated rings. The Balaban J connectivity index is 4.22. The molecule has 0 aliphatic heterocycles. The minimum atomic E-state index is -0.763. The van der Waals surface area contributed by atoms with Crippen molar-refractivity contribution in [3.63, 3.8) is 0 Å². The van der Waals surface area contributed by atoms with Crippen molar-refractivity contribution in [2.45, 2.75) is 298 Å². The maximum atomic E-state index is 12.8. The predicted octanol–water partition coefficient (Wildman–Crippen LogP) is 17.2. The molecular formula is C54H104O6. The molecular weight excluding hydrogens is 745 g/mol. The summed E-state index contributed by atoms with van der Waals surface area (Å²) in [5, 5.41) is 0. The molecule has 0 aromatic carbocycles. The van der Waals surface area contributed by atoms with Gasteiger partial charge < -0.3 is 14.2 Å². The van der Waals surface area contributed by atoms with Crippen LogP contribution in [0.3, 0.4) is 0 Å². The van der Waals surface area contributed by atoms with Gasteiger partial charge in [0, 0.05) is 19.3 Å². The zero-order valence-corrected chi connectivity index (χ0v) is 41.3. The summed E-state index contributed by atoms with van der Waals surface area (Å²) in [5.41, 5.74) is 0. The van der Waals surface area contributed by atoms with Crippen molar-refractivity contribution in [2.24, 2.45) is 17.8 Å². The van der Waals surface area contributed by atoms with Crippen molar-refractivity contribution in [2.75, 3.05) is 13.2 Å². The Morgan fingerprint density at radius 2 is 0.583 bits per heavy atom. The Bertz CT molecular complexity index is 931. The first-order valence-electron chi connectivity index (χ1n) is 26.6. The summed E-state index contributed by atoms with van der Waals surface area (Å²) >= 11 is 0. The van der Waals surface area contributed by atoms with Crippen LogP contribution in [0.4, 0.5) is 0 Å². The van der Waals surface area contributed by atoms with Gasteiger partial charge in [-0.05, 0) is 37.0 Å². The first-order chi connectivity index (χ1) is 29.1. The van der Waals surface area contributed by atoms with Crippen molar-refractivity contribution in [1.82, 2.24) is 0 Å². The van der Waals surface area contributed by atoms with Crippen molar-refractivity contribution < 1.29 is 28.6 Å². The Kier molecular flexibility index (Phi) is 44.2. The van der Waals surface area contributed by atoms with E-state index >= 15 is 0 Å². The van der Waals surface area contributed by atoms with Crippen LogP contribution in [0.25, 0.3) is 0 Å². The summed E-state index contributed by atoms with van der Waals surface area (Å²) in [5.74, 6) is 1.61. The number of esters is 3. The molecule has 0 aliphatic rings. The second kappa shape index (κ2) is 45.4. The first-order valence-corrected chi connectivity index (χ1v) is 26.6. The monoisotopic (exact) mass is 849 g/mol. The summed E-state index contributed by atoms with van der Waals surface area (Å²) in [6.45, 7) is 13.7. The highest BCUT2D eigenvalue weighted by Gasteiger charge is 2.19. The molecule has 0 saturated heterocycles. The summed E-state index contributed by atoms with van der Waals surface area (Å²) in [7, 11) is 0. The highest BCUT2D eigenvalue weighted by Crippen LogP contribution is 2.18. The van der Waals surface area contributed by atoms with Gasteiger partial charge in [-0.2, -0.15) is 0 Å². The minimum absolute atomic E-state index is 0.0658. The van der Waals surface area contributed by atoms with E-state index in [4.69, 9.17) is 14.2 Å². The Hall–Kier alpha value is -1.59. The highest BCUT2D eigenvalue weighted by molar-refractivity contribution is 5.71. The molecule has 0 aromatic rings. The number of rotatable bonds is 47. The summed E-state index contributed by atoms with van der Waals surface area (Å²) in [6.07, 6.45) is 45.3. The van der Waals surface area contributed by atoms with E-state index in [0.29, 0.717) is 19.3 Å². The van der Waals surface area contributed by atoms with E-state index in [1.54, 1.807) is 0 Å². The molecule has 0 radical (unpaired) electrons. The third-order valence-electron chi connectivity index (χ3n) is 12.5. The summed E-state index contributed by atoms with van der Waals surface area (Å²) < 4.78 is 16.8. The number of ether oxygens (including phenoxy) is 3. The van der Waals surface area contributed by atoms with Gasteiger partial charge in [0.05, 0.1) is 0 Å². The van der Waals surface area contributed by atoms with Crippen LogP contribution in [-0.2, 0) is 28.6 Å². The fourth-order valence-corrected chi connectivity index (χ4v) is 8.08. The molecule has 0 aliphatic carbocycles. The van der Waals surface area contributed by atoms with Gasteiger partial charge in [-0.25, -0.2) is 0 Å². The Morgan fingerprint density at radius 1 is 0.333 bits per heavy atom. The number of carbonyl (C=O) groups excluding carboxylic acids is 3. The molecule has 0 aromatic heterocycles. The molecule has 1 unspecified atom stereocenters. The fourth-order valence-electron chi connectivity index (χ4n) is 8.08. The van der Waals surface area contributed by atoms with Gasteiger partial charge in [0.15, 0.2) is 6.10 Å². The van der Waals surface area contributed by atoms with Crippen LogP contribution >= 0.6 is 0 Å². The second-order valence-corrected chi connectivity index (χ2v) is 19.7. The lowest BCUT2D eigenvalue weighted by Crippen LogP contribution is -2.30. The molecule has 2 atom stereocenters. The molecule has 0 heterocycles. The zero-order valence-electron chi connectivity index (χ0n) is 41.3. The van der Waals surface area contributed by atoms with Gasteiger partial charge in [-0.1, -0.05) is 253 Å². The Morgan fingerprint density at radius 3 is 0.867 bits per heavy atom. The molecule has 356 valence electrons. The molecule has 0 bridgehead atoms. The van der Waals surface area contributed by atoms with Crippen molar-refractivity contribution in [3.05, 3.63) is 0 Å².